The average Bonchev–Trinajstić information content (AvgIpc) is 3.68. The third-order valence-corrected chi connectivity index (χ3v) is 12.4. The van der Waals surface area contributed by atoms with Crippen molar-refractivity contribution in [3.8, 4) is 0 Å². The van der Waals surface area contributed by atoms with Crippen LogP contribution < -0.4 is 0 Å². The summed E-state index contributed by atoms with van der Waals surface area (Å²) in [4.78, 5) is 0. The second kappa shape index (κ2) is 10.8. The van der Waals surface area contributed by atoms with E-state index in [1.165, 1.54) is 119 Å². The van der Waals surface area contributed by atoms with Crippen LogP contribution in [-0.4, -0.2) is 0 Å². The topological polar surface area (TPSA) is 0 Å². The maximum absolute atomic E-state index is 2.58. The lowest BCUT2D eigenvalue weighted by Crippen LogP contribution is -2.12. The highest BCUT2D eigenvalue weighted by molar-refractivity contribution is 6.22. The zero-order chi connectivity index (χ0) is 36.7. The molecule has 0 unspecified atom stereocenters. The number of hydrogen-bond acceptors (Lipinski definition) is 0. The third kappa shape index (κ3) is 4.32. The lowest BCUT2D eigenvalue weighted by Gasteiger charge is -2.23. The van der Waals surface area contributed by atoms with Crippen molar-refractivity contribution >= 4 is 77.7 Å². The minimum atomic E-state index is -0.00766. The van der Waals surface area contributed by atoms with E-state index in [1.807, 2.05) is 0 Å². The van der Waals surface area contributed by atoms with Gasteiger partial charge in [0.2, 0.25) is 0 Å². The summed E-state index contributed by atoms with van der Waals surface area (Å²) in [5.74, 6) is 0. The summed E-state index contributed by atoms with van der Waals surface area (Å²) in [6, 6.07) is 48.5. The molecular formula is C54H42. The van der Waals surface area contributed by atoms with Gasteiger partial charge in [0.25, 0.3) is 0 Å². The van der Waals surface area contributed by atoms with E-state index in [1.54, 1.807) is 0 Å². The molecule has 54 heavy (non-hydrogen) atoms. The first-order chi connectivity index (χ1) is 26.1. The third-order valence-electron chi connectivity index (χ3n) is 12.4. The molecule has 0 aliphatic heterocycles. The quantitative estimate of drug-likeness (QED) is 0.161. The van der Waals surface area contributed by atoms with Crippen LogP contribution in [0.1, 0.15) is 80.5 Å². The van der Waals surface area contributed by atoms with Gasteiger partial charge in [-0.15, -0.1) is 0 Å². The molecule has 0 atom stereocenters. The molecule has 0 heterocycles. The molecule has 0 spiro atoms. The zero-order valence-electron chi connectivity index (χ0n) is 31.9. The Morgan fingerprint density at radius 3 is 1.59 bits per heavy atom. The Balaban J connectivity index is 1.48. The standard InChI is InChI=1S/C54H42/c1-53(2,3)36-26-35-27-37(54(4,5)6)29-44-46(35)43(28-36)48-45(30-42-38-18-10-7-14-31(38)22-23-32-15-8-11-19-39(32)42)52-49-40-20-12-9-16-33(40)24-25-34-17-13-21-41(47(34)49)50(52)51(44)48/h7-30H,1-6H3. The number of fused-ring (bicyclic) bond motifs is 10. The summed E-state index contributed by atoms with van der Waals surface area (Å²) < 4.78 is 0. The van der Waals surface area contributed by atoms with Crippen LogP contribution in [0.25, 0.3) is 77.7 Å². The first kappa shape index (κ1) is 31.5. The first-order valence-corrected chi connectivity index (χ1v) is 19.4. The van der Waals surface area contributed by atoms with Gasteiger partial charge in [-0.05, 0) is 148 Å². The van der Waals surface area contributed by atoms with Gasteiger partial charge in [-0.2, -0.15) is 0 Å². The largest absolute Gasteiger partial charge is 0.0616 e. The number of rotatable bonds is 1. The Kier molecular flexibility index (Phi) is 6.31. The summed E-state index contributed by atoms with van der Waals surface area (Å²) >= 11 is 0. The van der Waals surface area contributed by atoms with E-state index in [0.29, 0.717) is 0 Å². The highest BCUT2D eigenvalue weighted by Gasteiger charge is 2.27. The molecule has 0 amide bonds. The van der Waals surface area contributed by atoms with Crippen LogP contribution in [-0.2, 0) is 10.8 Å². The van der Waals surface area contributed by atoms with Crippen LogP contribution in [0.4, 0.5) is 0 Å². The van der Waals surface area contributed by atoms with Gasteiger partial charge >= 0.3 is 0 Å². The SMILES string of the molecule is CC(C)(C)c1cc2cc(C(C)(C)C)cc3c4c5c6cccc7ccc8ccccc8c(c5c(C=C5c8ccccc8C=Cc8ccccc85)c=4c(c1)c23)=c76. The molecule has 6 aromatic carbocycles. The van der Waals surface area contributed by atoms with Crippen LogP contribution in [0.5, 0.6) is 0 Å². The Labute approximate surface area is 316 Å². The number of hydrogen-bond donors (Lipinski definition) is 0. The van der Waals surface area contributed by atoms with E-state index in [9.17, 15) is 0 Å². The van der Waals surface area contributed by atoms with Crippen molar-refractivity contribution in [2.24, 2.45) is 0 Å². The van der Waals surface area contributed by atoms with Crippen LogP contribution in [0.3, 0.4) is 0 Å². The fourth-order valence-corrected chi connectivity index (χ4v) is 9.68. The maximum atomic E-state index is 2.58. The molecule has 0 aromatic heterocycles. The zero-order valence-corrected chi connectivity index (χ0v) is 31.9. The summed E-state index contributed by atoms with van der Waals surface area (Å²) in [6.45, 7) is 14.1. The van der Waals surface area contributed by atoms with E-state index in [4.69, 9.17) is 0 Å². The van der Waals surface area contributed by atoms with Crippen molar-refractivity contribution < 1.29 is 0 Å². The molecule has 5 aliphatic rings. The van der Waals surface area contributed by atoms with E-state index in [0.717, 1.165) is 0 Å². The summed E-state index contributed by atoms with van der Waals surface area (Å²) in [6.07, 6.45) is 7.16. The van der Waals surface area contributed by atoms with E-state index < -0.39 is 0 Å². The summed E-state index contributed by atoms with van der Waals surface area (Å²) in [7, 11) is 0. The second-order valence-electron chi connectivity index (χ2n) is 17.7. The van der Waals surface area contributed by atoms with Gasteiger partial charge in [-0.3, -0.25) is 0 Å². The van der Waals surface area contributed by atoms with Crippen molar-refractivity contribution in [1.82, 2.24) is 0 Å². The van der Waals surface area contributed by atoms with E-state index in [-0.39, 0.29) is 10.8 Å². The highest BCUT2D eigenvalue weighted by Crippen LogP contribution is 2.48. The molecule has 0 N–H and O–H groups in total. The molecule has 0 saturated heterocycles. The van der Waals surface area contributed by atoms with Crippen LogP contribution in [0, 0.1) is 20.9 Å². The van der Waals surface area contributed by atoms with Crippen molar-refractivity contribution in [2.45, 2.75) is 52.4 Å². The van der Waals surface area contributed by atoms with Crippen molar-refractivity contribution in [3.63, 3.8) is 0 Å². The van der Waals surface area contributed by atoms with Gasteiger partial charge in [-0.25, -0.2) is 0 Å². The fourth-order valence-electron chi connectivity index (χ4n) is 9.68. The molecule has 258 valence electrons. The Morgan fingerprint density at radius 1 is 0.389 bits per heavy atom. The van der Waals surface area contributed by atoms with Gasteiger partial charge < -0.3 is 0 Å². The van der Waals surface area contributed by atoms with Gasteiger partial charge in [0.15, 0.2) is 0 Å². The predicted octanol–water partition coefficient (Wildman–Crippen LogP) is 14.4. The Morgan fingerprint density at radius 2 is 0.926 bits per heavy atom. The van der Waals surface area contributed by atoms with Gasteiger partial charge in [0.1, 0.15) is 0 Å². The smallest absolute Gasteiger partial charge is 0.000674 e. The highest BCUT2D eigenvalue weighted by atomic mass is 14.3. The molecule has 11 rings (SSSR count). The fraction of sp³-hybridized carbons (Fsp3) is 0.148. The van der Waals surface area contributed by atoms with Crippen LogP contribution in [0.2, 0.25) is 0 Å². The van der Waals surface area contributed by atoms with Crippen molar-refractivity contribution in [3.05, 3.63) is 187 Å². The van der Waals surface area contributed by atoms with Crippen LogP contribution in [0.15, 0.2) is 127 Å². The van der Waals surface area contributed by atoms with Crippen LogP contribution >= 0.6 is 0 Å². The molecular weight excluding hydrogens is 649 g/mol. The molecule has 0 saturated carbocycles. The molecule has 5 aliphatic carbocycles. The van der Waals surface area contributed by atoms with Gasteiger partial charge in [0.05, 0.1) is 0 Å². The lowest BCUT2D eigenvalue weighted by molar-refractivity contribution is 0.590. The van der Waals surface area contributed by atoms with E-state index in [2.05, 4.69) is 187 Å². The maximum Gasteiger partial charge on any atom is -0.000674 e. The van der Waals surface area contributed by atoms with Crippen molar-refractivity contribution in [2.75, 3.05) is 0 Å². The molecule has 0 bridgehead atoms. The number of benzene rings is 6. The molecule has 0 heteroatoms. The minimum absolute atomic E-state index is 0.000381. The Bertz CT molecular complexity index is 3320. The molecule has 0 radical (unpaired) electrons. The Hall–Kier alpha value is -5.98. The summed E-state index contributed by atoms with van der Waals surface area (Å²) in [5.41, 5.74) is 10.4. The average molecular weight is 691 g/mol. The van der Waals surface area contributed by atoms with E-state index >= 15 is 0 Å². The molecule has 0 nitrogen and oxygen atoms in total. The van der Waals surface area contributed by atoms with Gasteiger partial charge in [0, 0.05) is 0 Å². The second-order valence-corrected chi connectivity index (χ2v) is 17.7. The molecule has 0 fully saturated rings. The molecule has 6 aromatic rings. The van der Waals surface area contributed by atoms with Crippen molar-refractivity contribution in [1.29, 1.82) is 0 Å². The summed E-state index contributed by atoms with van der Waals surface area (Å²) in [5, 5.41) is 19.0. The first-order valence-electron chi connectivity index (χ1n) is 19.4. The monoisotopic (exact) mass is 690 g/mol. The lowest BCUT2D eigenvalue weighted by atomic mass is 9.82. The predicted molar refractivity (Wildman–Crippen MR) is 233 cm³/mol. The van der Waals surface area contributed by atoms with Gasteiger partial charge in [-0.1, -0.05) is 169 Å². The minimum Gasteiger partial charge on any atom is -0.0616 e. The normalized spacial score (nSPS) is 13.6.